The Bertz CT molecular complexity index is 339. The number of aromatic nitrogens is 2. The second kappa shape index (κ2) is 2.47. The third-order valence-electron chi connectivity index (χ3n) is 3.82. The molecule has 1 heterocycles. The van der Waals surface area contributed by atoms with Gasteiger partial charge in [-0.1, -0.05) is 6.92 Å². The molecule has 0 unspecified atom stereocenters. The van der Waals surface area contributed by atoms with Gasteiger partial charge in [0.15, 0.2) is 0 Å². The third kappa shape index (κ3) is 1.11. The molecule has 0 atom stereocenters. The molecule has 1 N–H and O–H groups in total. The lowest BCUT2D eigenvalue weighted by molar-refractivity contribution is 0.445. The van der Waals surface area contributed by atoms with E-state index in [-0.39, 0.29) is 0 Å². The minimum Gasteiger partial charge on any atom is -0.348 e. The van der Waals surface area contributed by atoms with Gasteiger partial charge in [0.25, 0.3) is 0 Å². The molecule has 0 spiro atoms. The molecule has 0 bridgehead atoms. The summed E-state index contributed by atoms with van der Waals surface area (Å²) >= 11 is 0. The van der Waals surface area contributed by atoms with Crippen molar-refractivity contribution < 1.29 is 0 Å². The zero-order valence-electron chi connectivity index (χ0n) is 8.45. The van der Waals surface area contributed by atoms with Crippen LogP contribution in [0.15, 0.2) is 18.5 Å². The van der Waals surface area contributed by atoms with Crippen LogP contribution in [0.5, 0.6) is 0 Å². The molecule has 0 radical (unpaired) electrons. The molecule has 3 rings (SSSR count). The smallest absolute Gasteiger partial charge is 0.223 e. The van der Waals surface area contributed by atoms with Crippen LogP contribution in [-0.2, 0) is 0 Å². The van der Waals surface area contributed by atoms with Gasteiger partial charge in [0.05, 0.1) is 0 Å². The van der Waals surface area contributed by atoms with Gasteiger partial charge in [-0.25, -0.2) is 9.97 Å². The maximum Gasteiger partial charge on any atom is 0.223 e. The highest BCUT2D eigenvalue weighted by Crippen LogP contribution is 2.64. The van der Waals surface area contributed by atoms with E-state index in [1.165, 1.54) is 25.7 Å². The van der Waals surface area contributed by atoms with E-state index in [4.69, 9.17) is 0 Å². The SMILES string of the molecule is CC1(C2(Nc3ncccn3)CC2)CC1. The van der Waals surface area contributed by atoms with Gasteiger partial charge in [-0.2, -0.15) is 0 Å². The Morgan fingerprint density at radius 1 is 1.14 bits per heavy atom. The van der Waals surface area contributed by atoms with Crippen LogP contribution in [0.2, 0.25) is 0 Å². The van der Waals surface area contributed by atoms with Crippen molar-refractivity contribution in [3.63, 3.8) is 0 Å². The Morgan fingerprint density at radius 3 is 2.29 bits per heavy atom. The zero-order valence-corrected chi connectivity index (χ0v) is 8.45. The van der Waals surface area contributed by atoms with E-state index in [9.17, 15) is 0 Å². The van der Waals surface area contributed by atoms with Crippen LogP contribution in [0.4, 0.5) is 5.95 Å². The fourth-order valence-corrected chi connectivity index (χ4v) is 2.25. The first-order valence-corrected chi connectivity index (χ1v) is 5.29. The van der Waals surface area contributed by atoms with Gasteiger partial charge in [-0.3, -0.25) is 0 Å². The number of hydrogen-bond acceptors (Lipinski definition) is 3. The normalized spacial score (nSPS) is 25.5. The molecule has 0 amide bonds. The second-order valence-corrected chi connectivity index (χ2v) is 4.84. The molecule has 0 aromatic carbocycles. The standard InChI is InChI=1S/C11H15N3/c1-10(3-4-10)11(5-6-11)14-9-12-7-2-8-13-9/h2,7-8H,3-6H2,1H3,(H,12,13,14). The van der Waals surface area contributed by atoms with Crippen molar-refractivity contribution in [1.29, 1.82) is 0 Å². The predicted octanol–water partition coefficient (Wildman–Crippen LogP) is 2.22. The van der Waals surface area contributed by atoms with Gasteiger partial charge < -0.3 is 5.32 Å². The zero-order chi connectivity index (χ0) is 9.65. The first kappa shape index (κ1) is 8.21. The minimum absolute atomic E-state index is 0.328. The molecule has 74 valence electrons. The summed E-state index contributed by atoms with van der Waals surface area (Å²) in [5, 5.41) is 3.51. The third-order valence-corrected chi connectivity index (χ3v) is 3.82. The molecule has 2 aliphatic rings. The number of rotatable bonds is 3. The van der Waals surface area contributed by atoms with Gasteiger partial charge >= 0.3 is 0 Å². The van der Waals surface area contributed by atoms with E-state index in [1.807, 2.05) is 6.07 Å². The van der Waals surface area contributed by atoms with Crippen molar-refractivity contribution in [3.8, 4) is 0 Å². The lowest BCUT2D eigenvalue weighted by Crippen LogP contribution is -2.31. The van der Waals surface area contributed by atoms with Crippen LogP contribution in [0.3, 0.4) is 0 Å². The van der Waals surface area contributed by atoms with E-state index in [0.717, 1.165) is 5.95 Å². The van der Waals surface area contributed by atoms with Crippen molar-refractivity contribution in [1.82, 2.24) is 9.97 Å². The molecule has 3 nitrogen and oxygen atoms in total. The van der Waals surface area contributed by atoms with Gasteiger partial charge in [-0.05, 0) is 37.2 Å². The summed E-state index contributed by atoms with van der Waals surface area (Å²) in [4.78, 5) is 8.45. The molecular weight excluding hydrogens is 174 g/mol. The fourth-order valence-electron chi connectivity index (χ4n) is 2.25. The van der Waals surface area contributed by atoms with Gasteiger partial charge in [0.2, 0.25) is 5.95 Å². The van der Waals surface area contributed by atoms with E-state index in [1.54, 1.807) is 12.4 Å². The van der Waals surface area contributed by atoms with E-state index < -0.39 is 0 Å². The summed E-state index contributed by atoms with van der Waals surface area (Å²) in [7, 11) is 0. The molecule has 3 heteroatoms. The topological polar surface area (TPSA) is 37.8 Å². The molecule has 2 saturated carbocycles. The van der Waals surface area contributed by atoms with E-state index >= 15 is 0 Å². The Balaban J connectivity index is 1.79. The Morgan fingerprint density at radius 2 is 1.79 bits per heavy atom. The van der Waals surface area contributed by atoms with Crippen molar-refractivity contribution in [2.45, 2.75) is 38.1 Å². The van der Waals surface area contributed by atoms with Crippen molar-refractivity contribution in [2.75, 3.05) is 5.32 Å². The summed E-state index contributed by atoms with van der Waals surface area (Å²) in [6, 6.07) is 1.85. The summed E-state index contributed by atoms with van der Waals surface area (Å²) in [5.41, 5.74) is 0.848. The molecule has 14 heavy (non-hydrogen) atoms. The summed E-state index contributed by atoms with van der Waals surface area (Å²) in [6.45, 7) is 2.37. The Labute approximate surface area is 84.0 Å². The van der Waals surface area contributed by atoms with Gasteiger partial charge in [0, 0.05) is 17.9 Å². The molecular formula is C11H15N3. The second-order valence-electron chi connectivity index (χ2n) is 4.84. The first-order valence-electron chi connectivity index (χ1n) is 5.29. The average molecular weight is 189 g/mol. The predicted molar refractivity (Wildman–Crippen MR) is 55.0 cm³/mol. The van der Waals surface area contributed by atoms with Crippen LogP contribution in [0.1, 0.15) is 32.6 Å². The van der Waals surface area contributed by atoms with Gasteiger partial charge in [0.1, 0.15) is 0 Å². The monoisotopic (exact) mass is 189 g/mol. The summed E-state index contributed by atoms with van der Waals surface area (Å²) in [5.74, 6) is 0.790. The van der Waals surface area contributed by atoms with E-state index in [0.29, 0.717) is 11.0 Å². The highest BCUT2D eigenvalue weighted by Gasteiger charge is 2.62. The Kier molecular flexibility index (Phi) is 1.45. The van der Waals surface area contributed by atoms with E-state index in [2.05, 4.69) is 22.2 Å². The van der Waals surface area contributed by atoms with Crippen molar-refractivity contribution in [3.05, 3.63) is 18.5 Å². The quantitative estimate of drug-likeness (QED) is 0.792. The van der Waals surface area contributed by atoms with Crippen LogP contribution in [-0.4, -0.2) is 15.5 Å². The highest BCUT2D eigenvalue weighted by molar-refractivity contribution is 5.37. The molecule has 2 fully saturated rings. The largest absolute Gasteiger partial charge is 0.348 e. The Hall–Kier alpha value is -1.12. The van der Waals surface area contributed by atoms with Crippen LogP contribution in [0, 0.1) is 5.41 Å². The van der Waals surface area contributed by atoms with Crippen LogP contribution >= 0.6 is 0 Å². The van der Waals surface area contributed by atoms with Crippen LogP contribution in [0.25, 0.3) is 0 Å². The molecule has 1 aromatic heterocycles. The maximum atomic E-state index is 4.22. The lowest BCUT2D eigenvalue weighted by Gasteiger charge is -2.24. The lowest BCUT2D eigenvalue weighted by atomic mass is 9.96. The number of anilines is 1. The summed E-state index contributed by atoms with van der Waals surface area (Å²) in [6.07, 6.45) is 8.85. The number of hydrogen-bond donors (Lipinski definition) is 1. The van der Waals surface area contributed by atoms with Crippen molar-refractivity contribution in [2.24, 2.45) is 5.41 Å². The van der Waals surface area contributed by atoms with Crippen LogP contribution < -0.4 is 5.32 Å². The minimum atomic E-state index is 0.328. The summed E-state index contributed by atoms with van der Waals surface area (Å²) < 4.78 is 0. The number of nitrogens with zero attached hydrogens (tertiary/aromatic N) is 2. The molecule has 0 saturated heterocycles. The molecule has 0 aliphatic heterocycles. The average Bonchev–Trinajstić information content (AvgIpc) is 3.07. The molecule has 1 aromatic rings. The molecule has 2 aliphatic carbocycles. The highest BCUT2D eigenvalue weighted by atomic mass is 15.2. The van der Waals surface area contributed by atoms with Crippen molar-refractivity contribution >= 4 is 5.95 Å². The van der Waals surface area contributed by atoms with Gasteiger partial charge in [-0.15, -0.1) is 0 Å². The first-order chi connectivity index (χ1) is 6.74. The maximum absolute atomic E-state index is 4.22. The fraction of sp³-hybridized carbons (Fsp3) is 0.636. The number of nitrogens with one attached hydrogen (secondary N) is 1.